The van der Waals surface area contributed by atoms with Gasteiger partial charge in [0.15, 0.2) is 0 Å². The minimum atomic E-state index is 1.23. The highest BCUT2D eigenvalue weighted by molar-refractivity contribution is 7.25. The molecule has 0 N–H and O–H groups in total. The maximum absolute atomic E-state index is 2.43. The number of benzene rings is 10. The normalized spacial score (nSPS) is 11.8. The Bertz CT molecular complexity index is 3220. The summed E-state index contributed by atoms with van der Waals surface area (Å²) in [5, 5.41) is 12.7. The van der Waals surface area contributed by atoms with Gasteiger partial charge in [-0.1, -0.05) is 176 Å². The van der Waals surface area contributed by atoms with Gasteiger partial charge in [-0.15, -0.1) is 11.3 Å². The van der Waals surface area contributed by atoms with Gasteiger partial charge >= 0.3 is 0 Å². The second-order valence-corrected chi connectivity index (χ2v) is 15.0. The maximum Gasteiger partial charge on any atom is 0.0355 e. The van der Waals surface area contributed by atoms with Crippen LogP contribution in [0.2, 0.25) is 0 Å². The molecular weight excluding hydrogens is 657 g/mol. The molecule has 0 unspecified atom stereocenters. The Balaban J connectivity index is 1.32. The van der Waals surface area contributed by atoms with E-state index >= 15 is 0 Å². The number of rotatable bonds is 4. The SMILES string of the molecule is c1ccc(-c2c3ccccc3c(-c3cccc4ccccc34)c3cccc(-c4ccc5sc6ccccc6c5c4)c23)c(-c2cccc3ccccc23)c1. The Hall–Kier alpha value is -6.54. The molecule has 0 nitrogen and oxygen atoms in total. The molecule has 0 bridgehead atoms. The first-order valence-corrected chi connectivity index (χ1v) is 19.1. The van der Waals surface area contributed by atoms with E-state index in [1.54, 1.807) is 0 Å². The molecule has 0 fully saturated rings. The first kappa shape index (κ1) is 30.1. The molecule has 0 saturated heterocycles. The molecule has 10 aromatic carbocycles. The Morgan fingerprint density at radius 1 is 0.264 bits per heavy atom. The fraction of sp³-hybridized carbons (Fsp3) is 0. The minimum absolute atomic E-state index is 1.23. The molecule has 246 valence electrons. The summed E-state index contributed by atoms with van der Waals surface area (Å²) in [5.74, 6) is 0. The molecule has 0 aliphatic rings. The predicted molar refractivity (Wildman–Crippen MR) is 231 cm³/mol. The quantitative estimate of drug-likeness (QED) is 0.162. The summed E-state index contributed by atoms with van der Waals surface area (Å²) >= 11 is 1.87. The maximum atomic E-state index is 2.43. The average Bonchev–Trinajstić information content (AvgIpc) is 3.60. The Morgan fingerprint density at radius 2 is 0.755 bits per heavy atom. The molecule has 11 rings (SSSR count). The topological polar surface area (TPSA) is 0 Å². The fourth-order valence-electron chi connectivity index (χ4n) is 8.77. The van der Waals surface area contributed by atoms with Crippen LogP contribution in [0, 0.1) is 0 Å². The van der Waals surface area contributed by atoms with Gasteiger partial charge in [-0.05, 0) is 106 Å². The van der Waals surface area contributed by atoms with Gasteiger partial charge in [-0.2, -0.15) is 0 Å². The summed E-state index contributed by atoms with van der Waals surface area (Å²) in [4.78, 5) is 0. The van der Waals surface area contributed by atoms with Crippen molar-refractivity contribution in [1.29, 1.82) is 0 Å². The van der Waals surface area contributed by atoms with Crippen LogP contribution in [-0.4, -0.2) is 0 Å². The van der Waals surface area contributed by atoms with E-state index in [4.69, 9.17) is 0 Å². The molecule has 0 aliphatic carbocycles. The van der Waals surface area contributed by atoms with E-state index in [0.29, 0.717) is 0 Å². The highest BCUT2D eigenvalue weighted by Gasteiger charge is 2.23. The van der Waals surface area contributed by atoms with Crippen LogP contribution in [0.25, 0.3) is 108 Å². The standard InChI is InChI=1S/C52H32S/c1-3-18-36-33(14-1)16-11-26-39(36)40-20-5-6-22-43(40)52-45-24-8-7-23-44(45)50(42-27-12-17-34-15-2-4-19-37(34)42)46-28-13-25-38(51(46)52)35-30-31-49-47(32-35)41-21-9-10-29-48(41)53-49/h1-32H. The van der Waals surface area contributed by atoms with E-state index in [9.17, 15) is 0 Å². The first-order chi connectivity index (χ1) is 26.3. The molecule has 0 aliphatic heterocycles. The molecule has 0 radical (unpaired) electrons. The lowest BCUT2D eigenvalue weighted by molar-refractivity contribution is 1.62. The van der Waals surface area contributed by atoms with Crippen molar-refractivity contribution in [1.82, 2.24) is 0 Å². The zero-order valence-electron chi connectivity index (χ0n) is 28.9. The highest BCUT2D eigenvalue weighted by Crippen LogP contribution is 2.50. The zero-order chi connectivity index (χ0) is 34.9. The van der Waals surface area contributed by atoms with E-state index in [-0.39, 0.29) is 0 Å². The molecule has 0 amide bonds. The fourth-order valence-corrected chi connectivity index (χ4v) is 9.86. The summed E-state index contributed by atoms with van der Waals surface area (Å²) in [6.45, 7) is 0. The summed E-state index contributed by atoms with van der Waals surface area (Å²) in [6, 6.07) is 71.9. The lowest BCUT2D eigenvalue weighted by atomic mass is 9.80. The molecule has 11 aromatic rings. The van der Waals surface area contributed by atoms with Crippen molar-refractivity contribution in [2.45, 2.75) is 0 Å². The van der Waals surface area contributed by atoms with Crippen molar-refractivity contribution in [3.8, 4) is 44.5 Å². The van der Waals surface area contributed by atoms with Crippen molar-refractivity contribution in [2.24, 2.45) is 0 Å². The Morgan fingerprint density at radius 3 is 1.53 bits per heavy atom. The zero-order valence-corrected chi connectivity index (χ0v) is 29.7. The van der Waals surface area contributed by atoms with Gasteiger partial charge in [0.25, 0.3) is 0 Å². The largest absolute Gasteiger partial charge is 0.135 e. The Kier molecular flexibility index (Phi) is 6.83. The summed E-state index contributed by atoms with van der Waals surface area (Å²) in [7, 11) is 0. The number of fused-ring (bicyclic) bond motifs is 7. The number of hydrogen-bond donors (Lipinski definition) is 0. The van der Waals surface area contributed by atoms with E-state index in [0.717, 1.165) is 0 Å². The van der Waals surface area contributed by atoms with Gasteiger partial charge in [0.05, 0.1) is 0 Å². The van der Waals surface area contributed by atoms with Gasteiger partial charge < -0.3 is 0 Å². The molecule has 1 heterocycles. The van der Waals surface area contributed by atoms with Crippen LogP contribution < -0.4 is 0 Å². The third-order valence-corrected chi connectivity index (χ3v) is 12.2. The van der Waals surface area contributed by atoms with E-state index in [1.165, 1.54) is 108 Å². The predicted octanol–water partition coefficient (Wildman–Crippen LogP) is 15.3. The van der Waals surface area contributed by atoms with E-state index < -0.39 is 0 Å². The molecule has 0 spiro atoms. The molecular formula is C52H32S. The molecule has 0 saturated carbocycles. The first-order valence-electron chi connectivity index (χ1n) is 18.3. The minimum Gasteiger partial charge on any atom is -0.135 e. The smallest absolute Gasteiger partial charge is 0.0355 e. The van der Waals surface area contributed by atoms with Crippen molar-refractivity contribution in [2.75, 3.05) is 0 Å². The summed E-state index contributed by atoms with van der Waals surface area (Å²) in [5.41, 5.74) is 10.0. The van der Waals surface area contributed by atoms with E-state index in [1.807, 2.05) is 11.3 Å². The van der Waals surface area contributed by atoms with Crippen LogP contribution in [0.15, 0.2) is 194 Å². The monoisotopic (exact) mass is 688 g/mol. The lowest BCUT2D eigenvalue weighted by Gasteiger charge is -2.23. The molecule has 1 heteroatoms. The summed E-state index contributed by atoms with van der Waals surface area (Å²) < 4.78 is 2.64. The van der Waals surface area contributed by atoms with Gasteiger partial charge in [0.2, 0.25) is 0 Å². The average molecular weight is 689 g/mol. The van der Waals surface area contributed by atoms with Crippen LogP contribution in [-0.2, 0) is 0 Å². The second kappa shape index (κ2) is 12.0. The third-order valence-electron chi connectivity index (χ3n) is 11.1. The van der Waals surface area contributed by atoms with Crippen LogP contribution >= 0.6 is 11.3 Å². The van der Waals surface area contributed by atoms with Crippen molar-refractivity contribution < 1.29 is 0 Å². The van der Waals surface area contributed by atoms with Crippen LogP contribution in [0.5, 0.6) is 0 Å². The summed E-state index contributed by atoms with van der Waals surface area (Å²) in [6.07, 6.45) is 0. The third kappa shape index (κ3) is 4.68. The molecule has 1 aromatic heterocycles. The van der Waals surface area contributed by atoms with Gasteiger partial charge in [0.1, 0.15) is 0 Å². The lowest BCUT2D eigenvalue weighted by Crippen LogP contribution is -1.95. The molecule has 0 atom stereocenters. The van der Waals surface area contributed by atoms with Gasteiger partial charge in [0, 0.05) is 20.2 Å². The van der Waals surface area contributed by atoms with Gasteiger partial charge in [-0.25, -0.2) is 0 Å². The highest BCUT2D eigenvalue weighted by atomic mass is 32.1. The molecule has 53 heavy (non-hydrogen) atoms. The number of hydrogen-bond acceptors (Lipinski definition) is 1. The van der Waals surface area contributed by atoms with Crippen LogP contribution in [0.4, 0.5) is 0 Å². The van der Waals surface area contributed by atoms with Crippen molar-refractivity contribution in [3.63, 3.8) is 0 Å². The van der Waals surface area contributed by atoms with Gasteiger partial charge in [-0.3, -0.25) is 0 Å². The van der Waals surface area contributed by atoms with Crippen molar-refractivity contribution >= 4 is 74.6 Å². The number of thiophene rings is 1. The van der Waals surface area contributed by atoms with E-state index in [2.05, 4.69) is 194 Å². The van der Waals surface area contributed by atoms with Crippen LogP contribution in [0.3, 0.4) is 0 Å². The van der Waals surface area contributed by atoms with Crippen molar-refractivity contribution in [3.05, 3.63) is 194 Å². The second-order valence-electron chi connectivity index (χ2n) is 13.9. The Labute approximate surface area is 311 Å². The van der Waals surface area contributed by atoms with Crippen LogP contribution in [0.1, 0.15) is 0 Å².